The first-order valence-electron chi connectivity index (χ1n) is 8.24. The first-order valence-corrected chi connectivity index (χ1v) is 8.24. The van der Waals surface area contributed by atoms with Crippen LogP contribution in [-0.4, -0.2) is 16.1 Å². The van der Waals surface area contributed by atoms with Crippen molar-refractivity contribution in [2.24, 2.45) is 0 Å². The summed E-state index contributed by atoms with van der Waals surface area (Å²) in [6, 6.07) is 20.6. The molecule has 0 aliphatic rings. The van der Waals surface area contributed by atoms with E-state index in [0.29, 0.717) is 11.5 Å². The number of hydrogen-bond donors (Lipinski definition) is 1. The lowest BCUT2D eigenvalue weighted by Crippen LogP contribution is -2.31. The van der Waals surface area contributed by atoms with Gasteiger partial charge in [-0.25, -0.2) is 0 Å². The van der Waals surface area contributed by atoms with Crippen molar-refractivity contribution in [1.82, 2.24) is 9.72 Å². The highest BCUT2D eigenvalue weighted by Crippen LogP contribution is 2.28. The molecule has 1 aromatic carbocycles. The second-order valence-corrected chi connectivity index (χ2v) is 5.86. The molecule has 26 heavy (non-hydrogen) atoms. The van der Waals surface area contributed by atoms with E-state index in [-0.39, 0.29) is 6.54 Å². The number of benzene rings is 1. The molecule has 4 rings (SSSR count). The summed E-state index contributed by atoms with van der Waals surface area (Å²) < 4.78 is 6.93. The fraction of sp³-hybridized carbons (Fsp3) is 0.0476. The van der Waals surface area contributed by atoms with Gasteiger partial charge in [-0.3, -0.25) is 9.59 Å². The molecule has 128 valence electrons. The lowest BCUT2D eigenvalue weighted by molar-refractivity contribution is -0.117. The number of Topliss-reactive ketones (excluding diaryl/α,β-unsaturated/α-hetero) is 1. The van der Waals surface area contributed by atoms with E-state index in [4.69, 9.17) is 4.42 Å². The molecule has 0 spiro atoms. The minimum Gasteiger partial charge on any atom is -0.467 e. The molecule has 5 heteroatoms. The fourth-order valence-corrected chi connectivity index (χ4v) is 2.96. The minimum atomic E-state index is -0.664. The Kier molecular flexibility index (Phi) is 4.11. The van der Waals surface area contributed by atoms with Crippen LogP contribution >= 0.6 is 0 Å². The molecule has 0 saturated heterocycles. The summed E-state index contributed by atoms with van der Waals surface area (Å²) in [5, 5.41) is 2.62. The quantitative estimate of drug-likeness (QED) is 0.443. The number of aromatic nitrogens is 1. The van der Waals surface area contributed by atoms with Crippen LogP contribution in [-0.2, 0) is 11.3 Å². The molecule has 3 aromatic heterocycles. The zero-order valence-corrected chi connectivity index (χ0v) is 13.9. The molecule has 1 N–H and O–H groups in total. The predicted molar refractivity (Wildman–Crippen MR) is 97.7 cm³/mol. The summed E-state index contributed by atoms with van der Waals surface area (Å²) in [4.78, 5) is 25.4. The number of nitrogens with one attached hydrogen (secondary N) is 1. The maximum atomic E-state index is 12.9. The summed E-state index contributed by atoms with van der Waals surface area (Å²) >= 11 is 0. The third-order valence-electron chi connectivity index (χ3n) is 4.19. The largest absolute Gasteiger partial charge is 0.467 e. The van der Waals surface area contributed by atoms with Crippen molar-refractivity contribution in [2.75, 3.05) is 0 Å². The lowest BCUT2D eigenvalue weighted by Gasteiger charge is -2.07. The molecular formula is C21H16N2O3. The van der Waals surface area contributed by atoms with E-state index in [1.165, 1.54) is 6.26 Å². The van der Waals surface area contributed by atoms with Gasteiger partial charge in [-0.15, -0.1) is 0 Å². The normalized spacial score (nSPS) is 10.8. The number of furan rings is 1. The Bertz CT molecular complexity index is 1060. The van der Waals surface area contributed by atoms with Gasteiger partial charge in [-0.05, 0) is 35.9 Å². The first-order chi connectivity index (χ1) is 12.7. The zero-order valence-electron chi connectivity index (χ0n) is 13.9. The molecule has 0 fully saturated rings. The fourth-order valence-electron chi connectivity index (χ4n) is 2.96. The third kappa shape index (κ3) is 2.91. The van der Waals surface area contributed by atoms with Crippen LogP contribution in [0.5, 0.6) is 0 Å². The lowest BCUT2D eigenvalue weighted by atomic mass is 10.0. The standard InChI is InChI=1S/C21H16N2O3/c24-20(21(25)22-14-17-10-6-12-26-17)19-18(15-7-2-1-3-8-15)13-16-9-4-5-11-23(16)19/h1-13H,14H2,(H,22,25). The number of nitrogens with zero attached hydrogens (tertiary/aromatic N) is 1. The molecule has 0 saturated carbocycles. The summed E-state index contributed by atoms with van der Waals surface area (Å²) in [6.45, 7) is 0.168. The Balaban J connectivity index is 1.72. The molecule has 5 nitrogen and oxygen atoms in total. The highest BCUT2D eigenvalue weighted by molar-refractivity contribution is 6.43. The predicted octanol–water partition coefficient (Wildman–Crippen LogP) is 3.70. The van der Waals surface area contributed by atoms with Crippen molar-refractivity contribution in [3.63, 3.8) is 0 Å². The van der Waals surface area contributed by atoms with E-state index in [1.54, 1.807) is 22.7 Å². The Morgan fingerprint density at radius 2 is 1.77 bits per heavy atom. The Hall–Kier alpha value is -3.60. The number of rotatable bonds is 5. The van der Waals surface area contributed by atoms with Crippen LogP contribution in [0.2, 0.25) is 0 Å². The van der Waals surface area contributed by atoms with Crippen molar-refractivity contribution in [3.05, 3.63) is 90.6 Å². The Morgan fingerprint density at radius 1 is 0.962 bits per heavy atom. The Morgan fingerprint density at radius 3 is 2.54 bits per heavy atom. The van der Waals surface area contributed by atoms with Gasteiger partial charge >= 0.3 is 0 Å². The van der Waals surface area contributed by atoms with Crippen molar-refractivity contribution in [3.8, 4) is 11.1 Å². The van der Waals surface area contributed by atoms with Gasteiger partial charge in [0.25, 0.3) is 11.7 Å². The van der Waals surface area contributed by atoms with E-state index < -0.39 is 11.7 Å². The van der Waals surface area contributed by atoms with Crippen molar-refractivity contribution in [1.29, 1.82) is 0 Å². The molecular weight excluding hydrogens is 328 g/mol. The van der Waals surface area contributed by atoms with Crippen LogP contribution in [0.3, 0.4) is 0 Å². The SMILES string of the molecule is O=C(NCc1ccco1)C(=O)c1c(-c2ccccc2)cc2ccccn12. The highest BCUT2D eigenvalue weighted by atomic mass is 16.3. The van der Waals surface area contributed by atoms with Gasteiger partial charge in [-0.1, -0.05) is 36.4 Å². The number of carbonyl (C=O) groups excluding carboxylic acids is 2. The zero-order chi connectivity index (χ0) is 17.9. The van der Waals surface area contributed by atoms with E-state index in [0.717, 1.165) is 16.6 Å². The van der Waals surface area contributed by atoms with Crippen molar-refractivity contribution >= 4 is 17.2 Å². The third-order valence-corrected chi connectivity index (χ3v) is 4.19. The Labute approximate surface area is 149 Å². The molecule has 3 heterocycles. The van der Waals surface area contributed by atoms with Crippen molar-refractivity contribution < 1.29 is 14.0 Å². The van der Waals surface area contributed by atoms with Crippen LogP contribution < -0.4 is 5.32 Å². The summed E-state index contributed by atoms with van der Waals surface area (Å²) in [7, 11) is 0. The maximum absolute atomic E-state index is 12.9. The minimum absolute atomic E-state index is 0.168. The second-order valence-electron chi connectivity index (χ2n) is 5.86. The van der Waals surface area contributed by atoms with Crippen LogP contribution in [0, 0.1) is 0 Å². The average Bonchev–Trinajstić information content (AvgIpc) is 3.33. The van der Waals surface area contributed by atoms with Gasteiger partial charge in [0.1, 0.15) is 11.5 Å². The summed E-state index contributed by atoms with van der Waals surface area (Å²) in [5.74, 6) is -0.654. The number of hydrogen-bond acceptors (Lipinski definition) is 3. The molecule has 0 bridgehead atoms. The van der Waals surface area contributed by atoms with Crippen LogP contribution in [0.25, 0.3) is 16.6 Å². The number of ketones is 1. The number of pyridine rings is 1. The first kappa shape index (κ1) is 15.9. The summed E-state index contributed by atoms with van der Waals surface area (Å²) in [5.41, 5.74) is 2.82. The van der Waals surface area contributed by atoms with Gasteiger partial charge in [0.05, 0.1) is 12.8 Å². The van der Waals surface area contributed by atoms with Gasteiger partial charge in [0.2, 0.25) is 0 Å². The molecule has 0 aliphatic carbocycles. The van der Waals surface area contributed by atoms with Gasteiger partial charge in [0.15, 0.2) is 0 Å². The molecule has 4 aromatic rings. The molecule has 0 unspecified atom stereocenters. The van der Waals surface area contributed by atoms with Crippen LogP contribution in [0.1, 0.15) is 16.2 Å². The van der Waals surface area contributed by atoms with Gasteiger partial charge < -0.3 is 14.1 Å². The number of amides is 1. The van der Waals surface area contributed by atoms with Gasteiger partial charge in [-0.2, -0.15) is 0 Å². The van der Waals surface area contributed by atoms with Crippen LogP contribution in [0.15, 0.2) is 83.6 Å². The smallest absolute Gasteiger partial charge is 0.294 e. The van der Waals surface area contributed by atoms with Crippen LogP contribution in [0.4, 0.5) is 0 Å². The topological polar surface area (TPSA) is 63.7 Å². The van der Waals surface area contributed by atoms with E-state index in [2.05, 4.69) is 5.32 Å². The average molecular weight is 344 g/mol. The second kappa shape index (κ2) is 6.72. The monoisotopic (exact) mass is 344 g/mol. The molecule has 0 radical (unpaired) electrons. The highest BCUT2D eigenvalue weighted by Gasteiger charge is 2.24. The van der Waals surface area contributed by atoms with E-state index in [9.17, 15) is 9.59 Å². The number of fused-ring (bicyclic) bond motifs is 1. The van der Waals surface area contributed by atoms with Gasteiger partial charge in [0, 0.05) is 17.3 Å². The molecule has 0 aliphatic heterocycles. The van der Waals surface area contributed by atoms with E-state index in [1.807, 2.05) is 54.6 Å². The number of carbonyl (C=O) groups is 2. The summed E-state index contributed by atoms with van der Waals surface area (Å²) in [6.07, 6.45) is 3.31. The molecule has 0 atom stereocenters. The van der Waals surface area contributed by atoms with E-state index >= 15 is 0 Å². The maximum Gasteiger partial charge on any atom is 0.294 e. The van der Waals surface area contributed by atoms with Crippen molar-refractivity contribution in [2.45, 2.75) is 6.54 Å². The molecule has 1 amide bonds.